The van der Waals surface area contributed by atoms with Gasteiger partial charge in [-0.15, -0.1) is 0 Å². The molecule has 6 heteroatoms. The Labute approximate surface area is 177 Å². The molecule has 5 nitrogen and oxygen atoms in total. The molecule has 0 spiro atoms. The van der Waals surface area contributed by atoms with Crippen LogP contribution in [0.3, 0.4) is 0 Å². The maximum absolute atomic E-state index is 10.6. The Balaban J connectivity index is 1.39. The van der Waals surface area contributed by atoms with Gasteiger partial charge in [-0.1, -0.05) is 35.9 Å². The quantitative estimate of drug-likeness (QED) is 0.692. The van der Waals surface area contributed by atoms with Crippen LogP contribution < -0.4 is 10.1 Å². The summed E-state index contributed by atoms with van der Waals surface area (Å²) in [6, 6.07) is 17.6. The minimum Gasteiger partial charge on any atom is -0.489 e. The Morgan fingerprint density at radius 3 is 2.59 bits per heavy atom. The van der Waals surface area contributed by atoms with Crippen LogP contribution >= 0.6 is 11.6 Å². The fourth-order valence-corrected chi connectivity index (χ4v) is 3.60. The van der Waals surface area contributed by atoms with Crippen LogP contribution in [0.5, 0.6) is 5.75 Å². The molecule has 154 valence electrons. The van der Waals surface area contributed by atoms with E-state index in [-0.39, 0.29) is 6.61 Å². The molecule has 2 N–H and O–H groups in total. The molecular weight excluding hydrogens is 386 g/mol. The van der Waals surface area contributed by atoms with Gasteiger partial charge in [-0.3, -0.25) is 4.90 Å². The summed E-state index contributed by atoms with van der Waals surface area (Å²) in [4.78, 5) is 2.45. The van der Waals surface area contributed by atoms with Gasteiger partial charge < -0.3 is 15.2 Å². The third-order valence-electron chi connectivity index (χ3n) is 5.22. The molecular formula is C23H28ClN3O2. The number of aliphatic hydroxyl groups is 1. The minimum absolute atomic E-state index is 0.133. The monoisotopic (exact) mass is 413 g/mol. The second-order valence-electron chi connectivity index (χ2n) is 7.95. The van der Waals surface area contributed by atoms with E-state index in [0.717, 1.165) is 37.5 Å². The van der Waals surface area contributed by atoms with Crippen molar-refractivity contribution >= 4 is 11.6 Å². The highest BCUT2D eigenvalue weighted by Crippen LogP contribution is 2.19. The number of nitrogens with zero attached hydrogens (tertiary/aromatic N) is 2. The van der Waals surface area contributed by atoms with Gasteiger partial charge in [0, 0.05) is 24.2 Å². The minimum atomic E-state index is -1.01. The van der Waals surface area contributed by atoms with Crippen molar-refractivity contribution in [2.45, 2.75) is 38.0 Å². The Morgan fingerprint density at radius 2 is 1.90 bits per heavy atom. The molecule has 0 radical (unpaired) electrons. The summed E-state index contributed by atoms with van der Waals surface area (Å²) in [5.41, 5.74) is 0.742. The summed E-state index contributed by atoms with van der Waals surface area (Å²) in [6.45, 7) is 5.32. The topological polar surface area (TPSA) is 68.5 Å². The normalized spacial score (nSPS) is 17.4. The van der Waals surface area contributed by atoms with E-state index in [1.165, 1.54) is 5.56 Å². The van der Waals surface area contributed by atoms with Crippen LogP contribution in [-0.4, -0.2) is 47.9 Å². The first kappa shape index (κ1) is 21.6. The van der Waals surface area contributed by atoms with Gasteiger partial charge in [0.25, 0.3) is 0 Å². The van der Waals surface area contributed by atoms with Gasteiger partial charge in [-0.2, -0.15) is 5.26 Å². The molecule has 2 aromatic rings. The van der Waals surface area contributed by atoms with Crippen molar-refractivity contribution in [1.82, 2.24) is 10.2 Å². The molecule has 1 heterocycles. The van der Waals surface area contributed by atoms with E-state index in [1.54, 1.807) is 25.1 Å². The van der Waals surface area contributed by atoms with Gasteiger partial charge in [0.05, 0.1) is 5.56 Å². The first-order valence-electron chi connectivity index (χ1n) is 10.00. The van der Waals surface area contributed by atoms with Gasteiger partial charge in [0.2, 0.25) is 0 Å². The molecule has 0 bridgehead atoms. The third kappa shape index (κ3) is 6.73. The maximum atomic E-state index is 10.6. The average Bonchev–Trinajstić information content (AvgIpc) is 2.74. The van der Waals surface area contributed by atoms with Gasteiger partial charge in [-0.05, 0) is 62.7 Å². The highest BCUT2D eigenvalue weighted by molar-refractivity contribution is 6.30. The number of likely N-dealkylation sites (tertiary alicyclic amines) is 1. The molecule has 0 amide bonds. The van der Waals surface area contributed by atoms with E-state index in [9.17, 15) is 5.11 Å². The van der Waals surface area contributed by atoms with Crippen molar-refractivity contribution in [2.24, 2.45) is 0 Å². The van der Waals surface area contributed by atoms with Crippen molar-refractivity contribution in [3.05, 3.63) is 64.7 Å². The van der Waals surface area contributed by atoms with Crippen molar-refractivity contribution in [3.8, 4) is 11.8 Å². The fraction of sp³-hybridized carbons (Fsp3) is 0.435. The van der Waals surface area contributed by atoms with Gasteiger partial charge in [0.1, 0.15) is 24.0 Å². The SMILES string of the molecule is C[C@](O)(CNC1CCN(Cc2ccc(Cl)cc2)CC1)COc1ccccc1C#N. The Bertz CT molecular complexity index is 825. The standard InChI is InChI=1S/C23H28ClN3O2/c1-23(28,17-29-22-5-3-2-4-19(22)14-25)16-26-21-10-12-27(13-11-21)15-18-6-8-20(24)9-7-18/h2-9,21,26,28H,10-13,15-17H2,1H3/t23-/m0/s1. The largest absolute Gasteiger partial charge is 0.489 e. The van der Waals surface area contributed by atoms with E-state index >= 15 is 0 Å². The van der Waals surface area contributed by atoms with Gasteiger partial charge in [-0.25, -0.2) is 0 Å². The van der Waals surface area contributed by atoms with Crippen LogP contribution in [0.15, 0.2) is 48.5 Å². The molecule has 1 aliphatic rings. The zero-order valence-electron chi connectivity index (χ0n) is 16.8. The number of benzene rings is 2. The lowest BCUT2D eigenvalue weighted by atomic mass is 10.0. The summed E-state index contributed by atoms with van der Waals surface area (Å²) >= 11 is 5.95. The number of nitriles is 1. The van der Waals surface area contributed by atoms with Crippen LogP contribution in [0.25, 0.3) is 0 Å². The van der Waals surface area contributed by atoms with Gasteiger partial charge in [0.15, 0.2) is 0 Å². The second kappa shape index (κ2) is 10.1. The lowest BCUT2D eigenvalue weighted by Gasteiger charge is -2.34. The first-order chi connectivity index (χ1) is 13.9. The Morgan fingerprint density at radius 1 is 1.21 bits per heavy atom. The molecule has 1 atom stereocenters. The van der Waals surface area contributed by atoms with Crippen LogP contribution in [-0.2, 0) is 6.54 Å². The third-order valence-corrected chi connectivity index (χ3v) is 5.48. The average molecular weight is 414 g/mol. The van der Waals surface area contributed by atoms with Crippen molar-refractivity contribution in [3.63, 3.8) is 0 Å². The number of halogens is 1. The predicted octanol–water partition coefficient (Wildman–Crippen LogP) is 3.60. The van der Waals surface area contributed by atoms with Crippen LogP contribution in [0.1, 0.15) is 30.9 Å². The molecule has 1 aliphatic heterocycles. The molecule has 1 saturated heterocycles. The number of rotatable bonds is 8. The van der Waals surface area contributed by atoms with Crippen LogP contribution in [0.2, 0.25) is 5.02 Å². The lowest BCUT2D eigenvalue weighted by molar-refractivity contribution is 0.00808. The molecule has 0 saturated carbocycles. The fourth-order valence-electron chi connectivity index (χ4n) is 3.48. The predicted molar refractivity (Wildman–Crippen MR) is 115 cm³/mol. The number of hydrogen-bond acceptors (Lipinski definition) is 5. The summed E-state index contributed by atoms with van der Waals surface area (Å²) in [6.07, 6.45) is 2.09. The highest BCUT2D eigenvalue weighted by Gasteiger charge is 2.25. The van der Waals surface area contributed by atoms with E-state index in [1.807, 2.05) is 18.2 Å². The molecule has 0 unspecified atom stereocenters. The summed E-state index contributed by atoms with van der Waals surface area (Å²) in [5, 5.41) is 24.0. The van der Waals surface area contributed by atoms with E-state index < -0.39 is 5.60 Å². The number of piperidine rings is 1. The van der Waals surface area contributed by atoms with E-state index in [4.69, 9.17) is 21.6 Å². The summed E-state index contributed by atoms with van der Waals surface area (Å²) < 4.78 is 5.69. The summed E-state index contributed by atoms with van der Waals surface area (Å²) in [7, 11) is 0. The highest BCUT2D eigenvalue weighted by atomic mass is 35.5. The second-order valence-corrected chi connectivity index (χ2v) is 8.39. The lowest BCUT2D eigenvalue weighted by Crippen LogP contribution is -2.49. The first-order valence-corrected chi connectivity index (χ1v) is 10.4. The molecule has 1 fully saturated rings. The van der Waals surface area contributed by atoms with Crippen LogP contribution in [0, 0.1) is 11.3 Å². The summed E-state index contributed by atoms with van der Waals surface area (Å²) in [5.74, 6) is 0.505. The number of hydrogen-bond donors (Lipinski definition) is 2. The Hall–Kier alpha value is -2.10. The smallest absolute Gasteiger partial charge is 0.137 e. The zero-order chi connectivity index (χ0) is 20.7. The number of nitrogens with one attached hydrogen (secondary N) is 1. The molecule has 29 heavy (non-hydrogen) atoms. The number of ether oxygens (including phenoxy) is 1. The zero-order valence-corrected chi connectivity index (χ0v) is 17.5. The Kier molecular flexibility index (Phi) is 7.51. The maximum Gasteiger partial charge on any atom is 0.137 e. The molecule has 0 aromatic heterocycles. The van der Waals surface area contributed by atoms with Crippen LogP contribution in [0.4, 0.5) is 0 Å². The van der Waals surface area contributed by atoms with Crippen molar-refractivity contribution in [1.29, 1.82) is 5.26 Å². The molecule has 2 aromatic carbocycles. The number of para-hydroxylation sites is 1. The van der Waals surface area contributed by atoms with E-state index in [0.29, 0.717) is 23.9 Å². The van der Waals surface area contributed by atoms with Gasteiger partial charge >= 0.3 is 0 Å². The van der Waals surface area contributed by atoms with Crippen molar-refractivity contribution < 1.29 is 9.84 Å². The molecule has 0 aliphatic carbocycles. The van der Waals surface area contributed by atoms with E-state index in [2.05, 4.69) is 28.4 Å². The van der Waals surface area contributed by atoms with Crippen molar-refractivity contribution in [2.75, 3.05) is 26.2 Å². The molecule has 3 rings (SSSR count).